The number of hydrogen-bond acceptors (Lipinski definition) is 3. The Balaban J connectivity index is 2.37. The summed E-state index contributed by atoms with van der Waals surface area (Å²) in [7, 11) is 0. The van der Waals surface area contributed by atoms with E-state index in [2.05, 4.69) is 0 Å². The zero-order valence-electron chi connectivity index (χ0n) is 11.5. The number of hydrogen-bond donors (Lipinski definition) is 1. The molecular formula is C15H17F3N2O. The Bertz CT molecular complexity index is 535. The first-order chi connectivity index (χ1) is 9.97. The molecule has 1 N–H and O–H groups in total. The number of aliphatic hydroxyl groups excluding tert-OH is 1. The SMILES string of the molecule is N#Cc1ccc(N2CCCCC2CCO)cc1C(F)(F)F. The van der Waals surface area contributed by atoms with Crippen molar-refractivity contribution in [2.24, 2.45) is 0 Å². The highest BCUT2D eigenvalue weighted by Crippen LogP contribution is 2.36. The normalized spacial score (nSPS) is 19.4. The zero-order valence-corrected chi connectivity index (χ0v) is 11.5. The molecule has 1 aromatic carbocycles. The van der Waals surface area contributed by atoms with Gasteiger partial charge in [-0.2, -0.15) is 18.4 Å². The van der Waals surface area contributed by atoms with Crippen molar-refractivity contribution < 1.29 is 18.3 Å². The summed E-state index contributed by atoms with van der Waals surface area (Å²) in [5.74, 6) is 0. The Morgan fingerprint density at radius 3 is 2.71 bits per heavy atom. The second-order valence-corrected chi connectivity index (χ2v) is 5.19. The first-order valence-corrected chi connectivity index (χ1v) is 6.96. The van der Waals surface area contributed by atoms with Gasteiger partial charge in [0.2, 0.25) is 0 Å². The second kappa shape index (κ2) is 6.35. The van der Waals surface area contributed by atoms with E-state index in [-0.39, 0.29) is 18.2 Å². The van der Waals surface area contributed by atoms with E-state index in [1.54, 1.807) is 12.1 Å². The van der Waals surface area contributed by atoms with Crippen LogP contribution in [0.2, 0.25) is 0 Å². The number of halogens is 3. The summed E-state index contributed by atoms with van der Waals surface area (Å²) >= 11 is 0. The van der Waals surface area contributed by atoms with Gasteiger partial charge in [0.25, 0.3) is 0 Å². The lowest BCUT2D eigenvalue weighted by Crippen LogP contribution is -2.40. The maximum Gasteiger partial charge on any atom is 0.417 e. The molecule has 1 aromatic rings. The van der Waals surface area contributed by atoms with E-state index in [4.69, 9.17) is 10.4 Å². The smallest absolute Gasteiger partial charge is 0.396 e. The Morgan fingerprint density at radius 2 is 2.10 bits per heavy atom. The third-order valence-electron chi connectivity index (χ3n) is 3.85. The predicted molar refractivity (Wildman–Crippen MR) is 72.8 cm³/mol. The van der Waals surface area contributed by atoms with Crippen LogP contribution in [0.25, 0.3) is 0 Å². The van der Waals surface area contributed by atoms with Gasteiger partial charge in [-0.05, 0) is 43.9 Å². The lowest BCUT2D eigenvalue weighted by atomic mass is 9.97. The molecule has 0 bridgehead atoms. The summed E-state index contributed by atoms with van der Waals surface area (Å²) in [6.07, 6.45) is -1.19. The van der Waals surface area contributed by atoms with E-state index in [1.165, 1.54) is 6.07 Å². The van der Waals surface area contributed by atoms with Crippen LogP contribution in [0.4, 0.5) is 18.9 Å². The molecule has 0 aliphatic carbocycles. The van der Waals surface area contributed by atoms with Crippen molar-refractivity contribution in [2.75, 3.05) is 18.1 Å². The molecule has 1 aliphatic rings. The molecule has 0 radical (unpaired) electrons. The number of anilines is 1. The van der Waals surface area contributed by atoms with Gasteiger partial charge in [-0.25, -0.2) is 0 Å². The van der Waals surface area contributed by atoms with Crippen LogP contribution in [0.5, 0.6) is 0 Å². The number of nitrogens with zero attached hydrogens (tertiary/aromatic N) is 2. The topological polar surface area (TPSA) is 47.3 Å². The van der Waals surface area contributed by atoms with Crippen LogP contribution in [0.3, 0.4) is 0 Å². The molecular weight excluding hydrogens is 281 g/mol. The van der Waals surface area contributed by atoms with E-state index >= 15 is 0 Å². The number of piperidine rings is 1. The number of rotatable bonds is 3. The molecule has 1 heterocycles. The van der Waals surface area contributed by atoms with Crippen LogP contribution in [0.1, 0.15) is 36.8 Å². The fraction of sp³-hybridized carbons (Fsp3) is 0.533. The monoisotopic (exact) mass is 298 g/mol. The molecule has 1 saturated heterocycles. The summed E-state index contributed by atoms with van der Waals surface area (Å²) < 4.78 is 39.1. The van der Waals surface area contributed by atoms with Crippen molar-refractivity contribution >= 4 is 5.69 Å². The fourth-order valence-corrected chi connectivity index (χ4v) is 2.83. The average molecular weight is 298 g/mol. The van der Waals surface area contributed by atoms with Gasteiger partial charge in [-0.3, -0.25) is 0 Å². The summed E-state index contributed by atoms with van der Waals surface area (Å²) in [5, 5.41) is 17.9. The number of aliphatic hydroxyl groups is 1. The maximum atomic E-state index is 13.0. The summed E-state index contributed by atoms with van der Waals surface area (Å²) in [4.78, 5) is 1.91. The molecule has 114 valence electrons. The zero-order chi connectivity index (χ0) is 15.5. The van der Waals surface area contributed by atoms with Crippen LogP contribution in [0, 0.1) is 11.3 Å². The maximum absolute atomic E-state index is 13.0. The Labute approximate surface area is 121 Å². The molecule has 1 unspecified atom stereocenters. The predicted octanol–water partition coefficient (Wildman–Crippen LogP) is 3.32. The molecule has 1 fully saturated rings. The summed E-state index contributed by atoms with van der Waals surface area (Å²) in [6, 6.07) is 5.48. The van der Waals surface area contributed by atoms with Gasteiger partial charge in [-0.15, -0.1) is 0 Å². The number of benzene rings is 1. The molecule has 1 aliphatic heterocycles. The van der Waals surface area contributed by atoms with Crippen molar-refractivity contribution in [1.82, 2.24) is 0 Å². The fourth-order valence-electron chi connectivity index (χ4n) is 2.83. The minimum Gasteiger partial charge on any atom is -0.396 e. The minimum absolute atomic E-state index is 0.0174. The first-order valence-electron chi connectivity index (χ1n) is 6.96. The van der Waals surface area contributed by atoms with Gasteiger partial charge in [0.15, 0.2) is 0 Å². The summed E-state index contributed by atoms with van der Waals surface area (Å²) in [6.45, 7) is 0.692. The highest BCUT2D eigenvalue weighted by molar-refractivity contribution is 5.55. The van der Waals surface area contributed by atoms with Crippen LogP contribution in [-0.4, -0.2) is 24.3 Å². The second-order valence-electron chi connectivity index (χ2n) is 5.19. The Hall–Kier alpha value is -1.74. The molecule has 0 saturated carbocycles. The highest BCUT2D eigenvalue weighted by Gasteiger charge is 2.34. The molecule has 2 rings (SSSR count). The largest absolute Gasteiger partial charge is 0.417 e. The van der Waals surface area contributed by atoms with Gasteiger partial charge < -0.3 is 10.0 Å². The van der Waals surface area contributed by atoms with Crippen molar-refractivity contribution in [3.63, 3.8) is 0 Å². The van der Waals surface area contributed by atoms with E-state index in [0.29, 0.717) is 18.7 Å². The van der Waals surface area contributed by atoms with Crippen LogP contribution in [0.15, 0.2) is 18.2 Å². The van der Waals surface area contributed by atoms with Crippen molar-refractivity contribution in [3.05, 3.63) is 29.3 Å². The van der Waals surface area contributed by atoms with Gasteiger partial charge in [0.05, 0.1) is 17.2 Å². The lowest BCUT2D eigenvalue weighted by Gasteiger charge is -2.37. The van der Waals surface area contributed by atoms with Crippen LogP contribution >= 0.6 is 0 Å². The van der Waals surface area contributed by atoms with Gasteiger partial charge in [-0.1, -0.05) is 0 Å². The van der Waals surface area contributed by atoms with Gasteiger partial charge >= 0.3 is 6.18 Å². The quantitative estimate of drug-likeness (QED) is 0.931. The van der Waals surface area contributed by atoms with E-state index in [0.717, 1.165) is 25.3 Å². The van der Waals surface area contributed by atoms with Crippen LogP contribution < -0.4 is 4.90 Å². The molecule has 21 heavy (non-hydrogen) atoms. The third-order valence-corrected chi connectivity index (χ3v) is 3.85. The standard InChI is InChI=1S/C15H17F3N2O/c16-15(17,18)14-9-13(5-4-11(14)10-19)20-7-2-1-3-12(20)6-8-21/h4-5,9,12,21H,1-3,6-8H2. The highest BCUT2D eigenvalue weighted by atomic mass is 19.4. The molecule has 6 heteroatoms. The molecule has 1 atom stereocenters. The van der Waals surface area contributed by atoms with E-state index in [9.17, 15) is 13.2 Å². The molecule has 0 amide bonds. The minimum atomic E-state index is -4.54. The molecule has 3 nitrogen and oxygen atoms in total. The lowest BCUT2D eigenvalue weighted by molar-refractivity contribution is -0.137. The van der Waals surface area contributed by atoms with Gasteiger partial charge in [0.1, 0.15) is 0 Å². The van der Waals surface area contributed by atoms with Crippen molar-refractivity contribution in [2.45, 2.75) is 37.9 Å². The summed E-state index contributed by atoms with van der Waals surface area (Å²) in [5.41, 5.74) is -0.780. The van der Waals surface area contributed by atoms with E-state index < -0.39 is 11.7 Å². The first kappa shape index (κ1) is 15.6. The molecule has 0 aromatic heterocycles. The average Bonchev–Trinajstić information content (AvgIpc) is 2.46. The number of nitriles is 1. The van der Waals surface area contributed by atoms with Crippen molar-refractivity contribution in [1.29, 1.82) is 5.26 Å². The Morgan fingerprint density at radius 1 is 1.33 bits per heavy atom. The van der Waals surface area contributed by atoms with Crippen molar-refractivity contribution in [3.8, 4) is 6.07 Å². The van der Waals surface area contributed by atoms with E-state index in [1.807, 2.05) is 4.90 Å². The Kier molecular flexibility index (Phi) is 4.73. The van der Waals surface area contributed by atoms with Gasteiger partial charge in [0, 0.05) is 24.9 Å². The molecule has 0 spiro atoms. The van der Waals surface area contributed by atoms with Crippen LogP contribution in [-0.2, 0) is 6.18 Å². The number of alkyl halides is 3. The third kappa shape index (κ3) is 3.48.